The molecule has 1 aliphatic carbocycles. The summed E-state index contributed by atoms with van der Waals surface area (Å²) in [5.74, 6) is -0.156. The summed E-state index contributed by atoms with van der Waals surface area (Å²) in [4.78, 5) is 12.9. The zero-order chi connectivity index (χ0) is 16.7. The maximum Gasteiger partial charge on any atom is 0.255 e. The van der Waals surface area contributed by atoms with Crippen LogP contribution in [0.15, 0.2) is 30.5 Å². The van der Waals surface area contributed by atoms with Crippen molar-refractivity contribution < 1.29 is 13.9 Å². The number of halogens is 1. The van der Waals surface area contributed by atoms with Crippen LogP contribution in [0.1, 0.15) is 47.3 Å². The fourth-order valence-electron chi connectivity index (χ4n) is 3.17. The molecule has 5 nitrogen and oxygen atoms in total. The van der Waals surface area contributed by atoms with Crippen molar-refractivity contribution in [3.63, 3.8) is 0 Å². The van der Waals surface area contributed by atoms with E-state index in [4.69, 9.17) is 4.74 Å². The van der Waals surface area contributed by atoms with Crippen molar-refractivity contribution in [3.8, 4) is 0 Å². The number of nitrogens with zero attached hydrogens (tertiary/aromatic N) is 2. The van der Waals surface area contributed by atoms with Crippen LogP contribution in [0.4, 0.5) is 4.39 Å². The van der Waals surface area contributed by atoms with Gasteiger partial charge >= 0.3 is 0 Å². The number of ether oxygens (including phenoxy) is 1. The molecule has 0 unspecified atom stereocenters. The minimum atomic E-state index is -0.794. The Balaban J connectivity index is 1.64. The van der Waals surface area contributed by atoms with E-state index in [2.05, 4.69) is 10.4 Å². The molecule has 4 rings (SSSR count). The molecule has 1 aromatic heterocycles. The van der Waals surface area contributed by atoms with Gasteiger partial charge in [-0.3, -0.25) is 9.48 Å². The molecule has 2 heterocycles. The molecular weight excluding hydrogens is 309 g/mol. The number of hydrogen-bond acceptors (Lipinski definition) is 3. The molecule has 1 saturated heterocycles. The number of amides is 1. The van der Waals surface area contributed by atoms with Crippen LogP contribution in [0.25, 0.3) is 0 Å². The van der Waals surface area contributed by atoms with Crippen LogP contribution in [-0.4, -0.2) is 28.9 Å². The molecule has 1 amide bonds. The highest BCUT2D eigenvalue weighted by molar-refractivity contribution is 5.96. The monoisotopic (exact) mass is 329 g/mol. The number of carbonyl (C=O) groups excluding carboxylic acids is 1. The van der Waals surface area contributed by atoms with E-state index in [1.807, 2.05) is 6.92 Å². The lowest BCUT2D eigenvalue weighted by Crippen LogP contribution is -2.59. The van der Waals surface area contributed by atoms with E-state index in [9.17, 15) is 9.18 Å². The molecular formula is C18H20FN3O2. The summed E-state index contributed by atoms with van der Waals surface area (Å²) in [5.41, 5.74) is 1.14. The van der Waals surface area contributed by atoms with Gasteiger partial charge in [-0.1, -0.05) is 18.2 Å². The largest absolute Gasteiger partial charge is 0.376 e. The third kappa shape index (κ3) is 2.51. The van der Waals surface area contributed by atoms with Crippen LogP contribution in [0, 0.1) is 5.82 Å². The first-order valence-electron chi connectivity index (χ1n) is 8.35. The predicted molar refractivity (Wildman–Crippen MR) is 86.2 cm³/mol. The van der Waals surface area contributed by atoms with E-state index in [0.717, 1.165) is 18.5 Å². The topological polar surface area (TPSA) is 56.2 Å². The average molecular weight is 329 g/mol. The first-order valence-corrected chi connectivity index (χ1v) is 8.35. The number of hydrogen-bond donors (Lipinski definition) is 1. The van der Waals surface area contributed by atoms with Crippen LogP contribution in [0.3, 0.4) is 0 Å². The molecule has 1 aliphatic heterocycles. The molecule has 24 heavy (non-hydrogen) atoms. The molecule has 0 spiro atoms. The van der Waals surface area contributed by atoms with Gasteiger partial charge in [0.25, 0.3) is 5.91 Å². The van der Waals surface area contributed by atoms with E-state index >= 15 is 0 Å². The minimum Gasteiger partial charge on any atom is -0.376 e. The fraction of sp³-hybridized carbons (Fsp3) is 0.444. The van der Waals surface area contributed by atoms with Crippen LogP contribution in [0.5, 0.6) is 0 Å². The molecule has 6 heteroatoms. The highest BCUT2D eigenvalue weighted by atomic mass is 19.1. The smallest absolute Gasteiger partial charge is 0.255 e. The Morgan fingerprint density at radius 2 is 2.17 bits per heavy atom. The SMILES string of the molecule is CCn1cc(C(=O)NC2(c3ccccc3F)COC2)c(C2CC2)n1. The van der Waals surface area contributed by atoms with Gasteiger partial charge in [0.05, 0.1) is 24.5 Å². The number of carbonyl (C=O) groups is 1. The molecule has 2 aliphatic rings. The Morgan fingerprint density at radius 3 is 2.75 bits per heavy atom. The van der Waals surface area contributed by atoms with Gasteiger partial charge < -0.3 is 10.1 Å². The summed E-state index contributed by atoms with van der Waals surface area (Å²) in [6, 6.07) is 6.53. The molecule has 1 saturated carbocycles. The number of nitrogens with one attached hydrogen (secondary N) is 1. The molecule has 126 valence electrons. The maximum atomic E-state index is 14.2. The molecule has 1 aromatic carbocycles. The predicted octanol–water partition coefficient (Wildman–Crippen LogP) is 2.58. The second kappa shape index (κ2) is 5.70. The van der Waals surface area contributed by atoms with Crippen molar-refractivity contribution in [2.45, 2.75) is 37.8 Å². The van der Waals surface area contributed by atoms with Gasteiger partial charge in [-0.2, -0.15) is 5.10 Å². The summed E-state index contributed by atoms with van der Waals surface area (Å²) < 4.78 is 21.3. The van der Waals surface area contributed by atoms with Crippen molar-refractivity contribution in [1.82, 2.24) is 15.1 Å². The fourth-order valence-corrected chi connectivity index (χ4v) is 3.17. The van der Waals surface area contributed by atoms with Crippen molar-refractivity contribution in [1.29, 1.82) is 0 Å². The van der Waals surface area contributed by atoms with E-state index in [1.54, 1.807) is 29.1 Å². The third-order valence-electron chi connectivity index (χ3n) is 4.76. The second-order valence-corrected chi connectivity index (χ2v) is 6.57. The number of aromatic nitrogens is 2. The van der Waals surface area contributed by atoms with Crippen molar-refractivity contribution in [2.24, 2.45) is 0 Å². The van der Waals surface area contributed by atoms with Gasteiger partial charge in [0.1, 0.15) is 11.4 Å². The number of aryl methyl sites for hydroxylation is 1. The van der Waals surface area contributed by atoms with Crippen molar-refractivity contribution >= 4 is 5.91 Å². The van der Waals surface area contributed by atoms with Gasteiger partial charge in [0.2, 0.25) is 0 Å². The zero-order valence-electron chi connectivity index (χ0n) is 13.6. The Bertz CT molecular complexity index is 778. The zero-order valence-corrected chi connectivity index (χ0v) is 13.6. The standard InChI is InChI=1S/C18H20FN3O2/c1-2-22-9-13(16(21-22)12-7-8-12)17(23)20-18(10-24-11-18)14-5-3-4-6-15(14)19/h3-6,9,12H,2,7-8,10-11H2,1H3,(H,20,23). The lowest BCUT2D eigenvalue weighted by atomic mass is 9.87. The second-order valence-electron chi connectivity index (χ2n) is 6.57. The number of rotatable bonds is 5. The van der Waals surface area contributed by atoms with Gasteiger partial charge in [0.15, 0.2) is 0 Å². The maximum absolute atomic E-state index is 14.2. The summed E-state index contributed by atoms with van der Waals surface area (Å²) in [6.07, 6.45) is 3.93. The van der Waals surface area contributed by atoms with Gasteiger partial charge in [-0.15, -0.1) is 0 Å². The Kier molecular flexibility index (Phi) is 3.64. The summed E-state index contributed by atoms with van der Waals surface area (Å²) in [7, 11) is 0. The van der Waals surface area contributed by atoms with Crippen molar-refractivity contribution in [3.05, 3.63) is 53.1 Å². The van der Waals surface area contributed by atoms with E-state index in [0.29, 0.717) is 23.6 Å². The summed E-state index contributed by atoms with van der Waals surface area (Å²) >= 11 is 0. The van der Waals surface area contributed by atoms with E-state index < -0.39 is 5.54 Å². The minimum absolute atomic E-state index is 0.205. The lowest BCUT2D eigenvalue weighted by Gasteiger charge is -2.42. The number of benzene rings is 1. The Labute approximate surface area is 139 Å². The molecule has 0 bridgehead atoms. The van der Waals surface area contributed by atoms with E-state index in [-0.39, 0.29) is 24.9 Å². The third-order valence-corrected chi connectivity index (χ3v) is 4.76. The first-order chi connectivity index (χ1) is 11.6. The molecule has 2 fully saturated rings. The first kappa shape index (κ1) is 15.3. The quantitative estimate of drug-likeness (QED) is 0.917. The highest BCUT2D eigenvalue weighted by Crippen LogP contribution is 2.41. The van der Waals surface area contributed by atoms with Gasteiger partial charge in [0, 0.05) is 24.2 Å². The lowest BCUT2D eigenvalue weighted by molar-refractivity contribution is -0.0749. The molecule has 1 N–H and O–H groups in total. The molecule has 0 radical (unpaired) electrons. The summed E-state index contributed by atoms with van der Waals surface area (Å²) in [6.45, 7) is 3.27. The van der Waals surface area contributed by atoms with Crippen LogP contribution >= 0.6 is 0 Å². The molecule has 0 atom stereocenters. The van der Waals surface area contributed by atoms with Crippen LogP contribution in [0.2, 0.25) is 0 Å². The molecule has 2 aromatic rings. The Morgan fingerprint density at radius 1 is 1.42 bits per heavy atom. The van der Waals surface area contributed by atoms with Crippen LogP contribution < -0.4 is 5.32 Å². The van der Waals surface area contributed by atoms with Gasteiger partial charge in [-0.25, -0.2) is 4.39 Å². The summed E-state index contributed by atoms with van der Waals surface area (Å²) in [5, 5.41) is 7.53. The average Bonchev–Trinajstić information content (AvgIpc) is 3.30. The van der Waals surface area contributed by atoms with E-state index in [1.165, 1.54) is 6.07 Å². The van der Waals surface area contributed by atoms with Crippen LogP contribution in [-0.2, 0) is 16.8 Å². The van der Waals surface area contributed by atoms with Crippen molar-refractivity contribution in [2.75, 3.05) is 13.2 Å². The normalized spacial score (nSPS) is 18.9. The van der Waals surface area contributed by atoms with Gasteiger partial charge in [-0.05, 0) is 25.8 Å². The Hall–Kier alpha value is -2.21. The highest BCUT2D eigenvalue weighted by Gasteiger charge is 2.44.